The molecular weight excluding hydrogens is 298 g/mol. The Kier molecular flexibility index (Phi) is 4.79. The van der Waals surface area contributed by atoms with Crippen molar-refractivity contribution < 1.29 is 4.42 Å². The van der Waals surface area contributed by atoms with Crippen LogP contribution in [-0.4, -0.2) is 27.2 Å². The first-order chi connectivity index (χ1) is 10.6. The van der Waals surface area contributed by atoms with Crippen molar-refractivity contribution in [3.63, 3.8) is 0 Å². The highest BCUT2D eigenvalue weighted by Gasteiger charge is 2.26. The first-order valence-electron chi connectivity index (χ1n) is 7.97. The third-order valence-electron chi connectivity index (χ3n) is 4.33. The summed E-state index contributed by atoms with van der Waals surface area (Å²) in [5, 5.41) is 9.09. The largest absolute Gasteiger partial charge is 0.419 e. The fourth-order valence-electron chi connectivity index (χ4n) is 3.15. The second-order valence-corrected chi connectivity index (χ2v) is 6.65. The van der Waals surface area contributed by atoms with Gasteiger partial charge >= 0.3 is 0 Å². The second-order valence-electron chi connectivity index (χ2n) is 6.21. The molecule has 0 amide bonds. The van der Waals surface area contributed by atoms with Gasteiger partial charge in [-0.1, -0.05) is 24.4 Å². The summed E-state index contributed by atoms with van der Waals surface area (Å²) in [6.45, 7) is 5.19. The van der Waals surface area contributed by atoms with Crippen LogP contribution >= 0.6 is 11.6 Å². The van der Waals surface area contributed by atoms with Crippen LogP contribution in [0.4, 0.5) is 0 Å². The van der Waals surface area contributed by atoms with Crippen LogP contribution in [0.25, 0.3) is 11.5 Å². The van der Waals surface area contributed by atoms with Gasteiger partial charge < -0.3 is 4.42 Å². The Morgan fingerprint density at radius 3 is 2.50 bits per heavy atom. The minimum Gasteiger partial charge on any atom is -0.419 e. The van der Waals surface area contributed by atoms with E-state index < -0.39 is 0 Å². The Morgan fingerprint density at radius 1 is 1.18 bits per heavy atom. The van der Waals surface area contributed by atoms with Crippen molar-refractivity contribution in [3.05, 3.63) is 35.2 Å². The molecule has 1 aromatic carbocycles. The molecule has 1 aromatic heterocycles. The fourth-order valence-corrected chi connectivity index (χ4v) is 3.28. The van der Waals surface area contributed by atoms with Gasteiger partial charge in [0, 0.05) is 22.7 Å². The van der Waals surface area contributed by atoms with E-state index in [9.17, 15) is 0 Å². The first-order valence-corrected chi connectivity index (χ1v) is 8.35. The number of aromatic nitrogens is 2. The molecule has 0 spiro atoms. The van der Waals surface area contributed by atoms with Crippen LogP contribution in [0.15, 0.2) is 28.7 Å². The lowest BCUT2D eigenvalue weighted by Gasteiger charge is -2.31. The lowest BCUT2D eigenvalue weighted by molar-refractivity contribution is 0.132. The van der Waals surface area contributed by atoms with Crippen LogP contribution in [0.5, 0.6) is 0 Å². The molecule has 118 valence electrons. The van der Waals surface area contributed by atoms with Gasteiger partial charge in [-0.3, -0.25) is 4.90 Å². The van der Waals surface area contributed by atoms with Crippen LogP contribution in [0.3, 0.4) is 0 Å². The number of benzene rings is 1. The zero-order valence-electron chi connectivity index (χ0n) is 13.1. The third-order valence-corrected chi connectivity index (χ3v) is 4.58. The Labute approximate surface area is 136 Å². The van der Waals surface area contributed by atoms with Gasteiger partial charge in [0.05, 0.1) is 6.54 Å². The fraction of sp³-hybridized carbons (Fsp3) is 0.529. The lowest BCUT2D eigenvalue weighted by atomic mass is 10.1. The summed E-state index contributed by atoms with van der Waals surface area (Å²) in [7, 11) is 0. The third kappa shape index (κ3) is 3.50. The Hall–Kier alpha value is -1.39. The first kappa shape index (κ1) is 15.5. The quantitative estimate of drug-likeness (QED) is 0.811. The summed E-state index contributed by atoms with van der Waals surface area (Å²) >= 11 is 5.91. The number of hydrogen-bond acceptors (Lipinski definition) is 4. The Bertz CT molecular complexity index is 603. The summed E-state index contributed by atoms with van der Waals surface area (Å²) in [6, 6.07) is 8.59. The smallest absolute Gasteiger partial charge is 0.247 e. The van der Waals surface area contributed by atoms with Gasteiger partial charge in [-0.05, 0) is 51.0 Å². The molecule has 1 aliphatic rings. The molecule has 0 saturated heterocycles. The molecule has 0 unspecified atom stereocenters. The monoisotopic (exact) mass is 319 g/mol. The molecule has 0 aliphatic heterocycles. The molecule has 1 aliphatic carbocycles. The van der Waals surface area contributed by atoms with Gasteiger partial charge in [0.1, 0.15) is 0 Å². The molecule has 3 rings (SSSR count). The molecule has 0 radical (unpaired) electrons. The highest BCUT2D eigenvalue weighted by atomic mass is 35.5. The van der Waals surface area contributed by atoms with Crippen LogP contribution in [0, 0.1) is 0 Å². The minimum atomic E-state index is 0.481. The number of halogens is 1. The molecule has 0 N–H and O–H groups in total. The Morgan fingerprint density at radius 2 is 1.86 bits per heavy atom. The standard InChI is InChI=1S/C17H22ClN3O/c1-12(2)21(15-5-3-4-6-15)11-16-19-20-17(22-16)13-7-9-14(18)10-8-13/h7-10,12,15H,3-6,11H2,1-2H3. The van der Waals surface area contributed by atoms with E-state index >= 15 is 0 Å². The summed E-state index contributed by atoms with van der Waals surface area (Å²) in [6.07, 6.45) is 5.20. The van der Waals surface area contributed by atoms with Gasteiger partial charge in [0.15, 0.2) is 0 Å². The zero-order chi connectivity index (χ0) is 15.5. The summed E-state index contributed by atoms with van der Waals surface area (Å²) in [4.78, 5) is 2.48. The van der Waals surface area contributed by atoms with Crippen molar-refractivity contribution in [2.24, 2.45) is 0 Å². The molecule has 2 aromatic rings. The van der Waals surface area contributed by atoms with Crippen molar-refractivity contribution in [1.29, 1.82) is 0 Å². The molecule has 0 bridgehead atoms. The lowest BCUT2D eigenvalue weighted by Crippen LogP contribution is -2.38. The average Bonchev–Trinajstić information content (AvgIpc) is 3.17. The molecule has 1 heterocycles. The molecule has 1 fully saturated rings. The summed E-state index contributed by atoms with van der Waals surface area (Å²) < 4.78 is 5.84. The van der Waals surface area contributed by atoms with Crippen molar-refractivity contribution in [3.8, 4) is 11.5 Å². The van der Waals surface area contributed by atoms with E-state index in [1.807, 2.05) is 24.3 Å². The van der Waals surface area contributed by atoms with Crippen molar-refractivity contribution >= 4 is 11.6 Å². The SMILES string of the molecule is CC(C)N(Cc1nnc(-c2ccc(Cl)cc2)o1)C1CCCC1. The van der Waals surface area contributed by atoms with E-state index in [2.05, 4.69) is 28.9 Å². The van der Waals surface area contributed by atoms with Crippen molar-refractivity contribution in [2.75, 3.05) is 0 Å². The van der Waals surface area contributed by atoms with Gasteiger partial charge in [-0.2, -0.15) is 0 Å². The summed E-state index contributed by atoms with van der Waals surface area (Å²) in [5.41, 5.74) is 0.903. The van der Waals surface area contributed by atoms with Crippen LogP contribution in [0.2, 0.25) is 5.02 Å². The predicted molar refractivity (Wildman–Crippen MR) is 87.7 cm³/mol. The van der Waals surface area contributed by atoms with E-state index in [0.717, 1.165) is 12.1 Å². The van der Waals surface area contributed by atoms with Crippen molar-refractivity contribution in [1.82, 2.24) is 15.1 Å². The minimum absolute atomic E-state index is 0.481. The zero-order valence-corrected chi connectivity index (χ0v) is 13.9. The topological polar surface area (TPSA) is 42.2 Å². The van der Waals surface area contributed by atoms with Gasteiger partial charge in [0.2, 0.25) is 11.8 Å². The second kappa shape index (κ2) is 6.80. The normalized spacial score (nSPS) is 16.0. The molecule has 5 heteroatoms. The maximum atomic E-state index is 5.91. The molecule has 22 heavy (non-hydrogen) atoms. The van der Waals surface area contributed by atoms with Gasteiger partial charge in [-0.15, -0.1) is 10.2 Å². The molecular formula is C17H22ClN3O. The van der Waals surface area contributed by atoms with Gasteiger partial charge in [-0.25, -0.2) is 0 Å². The highest BCUT2D eigenvalue weighted by Crippen LogP contribution is 2.27. The van der Waals surface area contributed by atoms with Crippen LogP contribution in [0.1, 0.15) is 45.4 Å². The van der Waals surface area contributed by atoms with E-state index in [1.54, 1.807) is 0 Å². The average molecular weight is 320 g/mol. The van der Waals surface area contributed by atoms with E-state index in [4.69, 9.17) is 16.0 Å². The Balaban J connectivity index is 1.73. The summed E-state index contributed by atoms with van der Waals surface area (Å²) in [5.74, 6) is 1.24. The molecule has 1 saturated carbocycles. The highest BCUT2D eigenvalue weighted by molar-refractivity contribution is 6.30. The maximum Gasteiger partial charge on any atom is 0.247 e. The number of hydrogen-bond donors (Lipinski definition) is 0. The molecule has 4 nitrogen and oxygen atoms in total. The van der Waals surface area contributed by atoms with E-state index in [-0.39, 0.29) is 0 Å². The van der Waals surface area contributed by atoms with Gasteiger partial charge in [0.25, 0.3) is 0 Å². The van der Waals surface area contributed by atoms with Crippen molar-refractivity contribution in [2.45, 2.75) is 58.2 Å². The predicted octanol–water partition coefficient (Wildman–Crippen LogP) is 4.54. The van der Waals surface area contributed by atoms with Crippen LogP contribution < -0.4 is 0 Å². The number of rotatable bonds is 5. The van der Waals surface area contributed by atoms with Crippen LogP contribution in [-0.2, 0) is 6.54 Å². The maximum absolute atomic E-state index is 5.91. The van der Waals surface area contributed by atoms with E-state index in [1.165, 1.54) is 25.7 Å². The molecule has 0 atom stereocenters. The number of nitrogens with zero attached hydrogens (tertiary/aromatic N) is 3. The van der Waals surface area contributed by atoms with E-state index in [0.29, 0.717) is 28.9 Å².